The molecule has 0 bridgehead atoms. The molecule has 1 heterocycles. The number of carbonyl (C=O) groups is 1. The molecule has 180 valence electrons. The van der Waals surface area contributed by atoms with Gasteiger partial charge in [-0.1, -0.05) is 102 Å². The summed E-state index contributed by atoms with van der Waals surface area (Å²) in [7, 11) is 0. The predicted octanol–water partition coefficient (Wildman–Crippen LogP) is 5.83. The van der Waals surface area contributed by atoms with Gasteiger partial charge < -0.3 is 15.6 Å². The van der Waals surface area contributed by atoms with Gasteiger partial charge in [-0.15, -0.1) is 12.4 Å². The molecule has 1 aromatic carbocycles. The summed E-state index contributed by atoms with van der Waals surface area (Å²) in [4.78, 5) is 16.5. The van der Waals surface area contributed by atoms with Crippen LogP contribution in [0.4, 0.5) is 0 Å². The molecule has 32 heavy (non-hydrogen) atoms. The largest absolute Gasteiger partial charge is 0.346 e. The van der Waals surface area contributed by atoms with Crippen molar-refractivity contribution in [3.8, 4) is 11.4 Å². The Labute approximate surface area is 199 Å². The standard InChI is InChI=1S/C25H40N4O2.ClH/c1-4-6-7-8-9-10-11-12-13-20-14-16-21(17-15-20)24-28-22(31-29-24)18-27-25(30)23(26)19(3)5-2;/h14-17,19,23H,4-13,18,26H2,1-3H3,(H,27,30);1H/t19-,23-;/m0./s1. The van der Waals surface area contributed by atoms with Gasteiger partial charge in [-0.2, -0.15) is 4.98 Å². The molecule has 0 radical (unpaired) electrons. The highest BCUT2D eigenvalue weighted by atomic mass is 35.5. The number of rotatable bonds is 15. The molecule has 0 unspecified atom stereocenters. The second-order valence-electron chi connectivity index (χ2n) is 8.56. The predicted molar refractivity (Wildman–Crippen MR) is 133 cm³/mol. The molecular formula is C25H41ClN4O2. The van der Waals surface area contributed by atoms with E-state index in [0.717, 1.165) is 18.4 Å². The Bertz CT molecular complexity index is 764. The number of nitrogens with zero attached hydrogens (tertiary/aromatic N) is 2. The fourth-order valence-corrected chi connectivity index (χ4v) is 3.52. The van der Waals surface area contributed by atoms with E-state index in [9.17, 15) is 4.79 Å². The van der Waals surface area contributed by atoms with Gasteiger partial charge in [-0.3, -0.25) is 4.79 Å². The highest BCUT2D eigenvalue weighted by Crippen LogP contribution is 2.18. The molecule has 0 saturated carbocycles. The van der Waals surface area contributed by atoms with E-state index in [0.29, 0.717) is 11.7 Å². The smallest absolute Gasteiger partial charge is 0.246 e. The average molecular weight is 465 g/mol. The van der Waals surface area contributed by atoms with Crippen molar-refractivity contribution in [2.45, 2.75) is 97.6 Å². The number of aromatic nitrogens is 2. The van der Waals surface area contributed by atoms with Crippen LogP contribution in [-0.2, 0) is 17.8 Å². The summed E-state index contributed by atoms with van der Waals surface area (Å²) in [6.45, 7) is 6.43. The first kappa shape index (κ1) is 28.1. The Hall–Kier alpha value is -1.92. The van der Waals surface area contributed by atoms with E-state index in [1.54, 1.807) is 0 Å². The van der Waals surface area contributed by atoms with Gasteiger partial charge in [0.15, 0.2) is 0 Å². The molecule has 1 amide bonds. The lowest BCUT2D eigenvalue weighted by atomic mass is 9.99. The molecule has 0 saturated heterocycles. The van der Waals surface area contributed by atoms with Crippen LogP contribution in [0.2, 0.25) is 0 Å². The molecule has 0 aliphatic rings. The van der Waals surface area contributed by atoms with Crippen molar-refractivity contribution in [1.29, 1.82) is 0 Å². The number of nitrogens with one attached hydrogen (secondary N) is 1. The molecule has 1 aromatic heterocycles. The van der Waals surface area contributed by atoms with Crippen LogP contribution in [-0.4, -0.2) is 22.1 Å². The molecular weight excluding hydrogens is 424 g/mol. The summed E-state index contributed by atoms with van der Waals surface area (Å²) < 4.78 is 5.28. The zero-order chi connectivity index (χ0) is 22.5. The molecule has 0 aliphatic carbocycles. The fourth-order valence-electron chi connectivity index (χ4n) is 3.52. The normalized spacial score (nSPS) is 12.8. The monoisotopic (exact) mass is 464 g/mol. The fraction of sp³-hybridized carbons (Fsp3) is 0.640. The van der Waals surface area contributed by atoms with Gasteiger partial charge in [-0.25, -0.2) is 0 Å². The molecule has 0 spiro atoms. The Kier molecular flexibility index (Phi) is 13.9. The Morgan fingerprint density at radius 1 is 1.03 bits per heavy atom. The summed E-state index contributed by atoms with van der Waals surface area (Å²) >= 11 is 0. The van der Waals surface area contributed by atoms with Gasteiger partial charge in [0.25, 0.3) is 0 Å². The molecule has 3 N–H and O–H groups in total. The lowest BCUT2D eigenvalue weighted by molar-refractivity contribution is -0.123. The van der Waals surface area contributed by atoms with Crippen molar-refractivity contribution in [1.82, 2.24) is 15.5 Å². The van der Waals surface area contributed by atoms with Crippen molar-refractivity contribution in [2.24, 2.45) is 11.7 Å². The zero-order valence-corrected chi connectivity index (χ0v) is 20.8. The number of hydrogen-bond acceptors (Lipinski definition) is 5. The first-order valence-electron chi connectivity index (χ1n) is 12.0. The van der Waals surface area contributed by atoms with E-state index in [1.807, 2.05) is 26.0 Å². The summed E-state index contributed by atoms with van der Waals surface area (Å²) in [6, 6.07) is 7.82. The number of halogens is 1. The lowest BCUT2D eigenvalue weighted by Crippen LogP contribution is -2.44. The lowest BCUT2D eigenvalue weighted by Gasteiger charge is -2.16. The van der Waals surface area contributed by atoms with Crippen LogP contribution in [0, 0.1) is 5.92 Å². The minimum absolute atomic E-state index is 0. The van der Waals surface area contributed by atoms with Gasteiger partial charge >= 0.3 is 0 Å². The first-order chi connectivity index (χ1) is 15.0. The van der Waals surface area contributed by atoms with Crippen LogP contribution in [0.3, 0.4) is 0 Å². The number of amides is 1. The summed E-state index contributed by atoms with van der Waals surface area (Å²) in [5, 5.41) is 6.81. The van der Waals surface area contributed by atoms with Gasteiger partial charge in [0.05, 0.1) is 12.6 Å². The second-order valence-corrected chi connectivity index (χ2v) is 8.56. The molecule has 2 rings (SSSR count). The molecule has 0 aliphatic heterocycles. The SMILES string of the molecule is CCCCCCCCCCc1ccc(-c2noc(CNC(=O)[C@@H](N)[C@@H](C)CC)n2)cc1.Cl. The van der Waals surface area contributed by atoms with Crippen LogP contribution in [0.25, 0.3) is 11.4 Å². The quantitative estimate of drug-likeness (QED) is 0.323. The number of aryl methyl sites for hydroxylation is 1. The third kappa shape index (κ3) is 9.70. The van der Waals surface area contributed by atoms with Gasteiger partial charge in [0.1, 0.15) is 0 Å². The summed E-state index contributed by atoms with van der Waals surface area (Å²) in [6.07, 6.45) is 12.6. The van der Waals surface area contributed by atoms with Crippen molar-refractivity contribution in [2.75, 3.05) is 0 Å². The zero-order valence-electron chi connectivity index (χ0n) is 19.9. The third-order valence-electron chi connectivity index (χ3n) is 5.97. The number of hydrogen-bond donors (Lipinski definition) is 2. The molecule has 0 fully saturated rings. The molecule has 2 atom stereocenters. The number of unbranched alkanes of at least 4 members (excludes halogenated alkanes) is 7. The van der Waals surface area contributed by atoms with Gasteiger partial charge in [0.2, 0.25) is 17.6 Å². The summed E-state index contributed by atoms with van der Waals surface area (Å²) in [5.41, 5.74) is 8.19. The molecule has 2 aromatic rings. The van der Waals surface area contributed by atoms with E-state index in [1.165, 1.54) is 56.9 Å². The van der Waals surface area contributed by atoms with E-state index >= 15 is 0 Å². The van der Waals surface area contributed by atoms with Crippen molar-refractivity contribution < 1.29 is 9.32 Å². The summed E-state index contributed by atoms with van der Waals surface area (Å²) in [5.74, 6) is 0.846. The van der Waals surface area contributed by atoms with E-state index in [-0.39, 0.29) is 30.8 Å². The Balaban J connectivity index is 0.00000512. The van der Waals surface area contributed by atoms with Crippen LogP contribution in [0.1, 0.15) is 90.0 Å². The topological polar surface area (TPSA) is 94.0 Å². The number of nitrogens with two attached hydrogens (primary N) is 1. The van der Waals surface area contributed by atoms with E-state index in [4.69, 9.17) is 10.3 Å². The minimum atomic E-state index is -0.527. The average Bonchev–Trinajstić information content (AvgIpc) is 3.27. The van der Waals surface area contributed by atoms with E-state index in [2.05, 4.69) is 34.5 Å². The number of benzene rings is 1. The van der Waals surface area contributed by atoms with Gasteiger partial charge in [-0.05, 0) is 24.3 Å². The van der Waals surface area contributed by atoms with Crippen LogP contribution < -0.4 is 11.1 Å². The highest BCUT2D eigenvalue weighted by Gasteiger charge is 2.20. The van der Waals surface area contributed by atoms with Crippen LogP contribution in [0.5, 0.6) is 0 Å². The first-order valence-corrected chi connectivity index (χ1v) is 12.0. The van der Waals surface area contributed by atoms with Crippen molar-refractivity contribution in [3.63, 3.8) is 0 Å². The Morgan fingerprint density at radius 2 is 1.66 bits per heavy atom. The maximum atomic E-state index is 12.1. The van der Waals surface area contributed by atoms with Crippen LogP contribution >= 0.6 is 12.4 Å². The molecule has 6 nitrogen and oxygen atoms in total. The van der Waals surface area contributed by atoms with Crippen LogP contribution in [0.15, 0.2) is 28.8 Å². The second kappa shape index (κ2) is 15.8. The minimum Gasteiger partial charge on any atom is -0.346 e. The van der Waals surface area contributed by atoms with Crippen molar-refractivity contribution >= 4 is 18.3 Å². The maximum Gasteiger partial charge on any atom is 0.246 e. The van der Waals surface area contributed by atoms with Crippen molar-refractivity contribution in [3.05, 3.63) is 35.7 Å². The third-order valence-corrected chi connectivity index (χ3v) is 5.97. The van der Waals surface area contributed by atoms with E-state index < -0.39 is 6.04 Å². The number of carbonyl (C=O) groups excluding carboxylic acids is 1. The maximum absolute atomic E-state index is 12.1. The molecule has 7 heteroatoms. The highest BCUT2D eigenvalue weighted by molar-refractivity contribution is 5.85. The van der Waals surface area contributed by atoms with Gasteiger partial charge in [0, 0.05) is 5.56 Å². The Morgan fingerprint density at radius 3 is 2.28 bits per heavy atom.